The van der Waals surface area contributed by atoms with E-state index in [0.717, 1.165) is 10.0 Å². The van der Waals surface area contributed by atoms with E-state index in [1.54, 1.807) is 12.3 Å². The summed E-state index contributed by atoms with van der Waals surface area (Å²) >= 11 is 9.85. The Morgan fingerprint density at radius 1 is 1.20 bits per heavy atom. The van der Waals surface area contributed by atoms with Gasteiger partial charge in [0.15, 0.2) is 0 Å². The van der Waals surface area contributed by atoms with Crippen LogP contribution in [0.2, 0.25) is 0 Å². The van der Waals surface area contributed by atoms with E-state index in [1.807, 2.05) is 6.92 Å². The van der Waals surface area contributed by atoms with Gasteiger partial charge in [0.2, 0.25) is 0 Å². The molecule has 2 rings (SSSR count). The zero-order valence-corrected chi connectivity index (χ0v) is 12.4. The van der Waals surface area contributed by atoms with E-state index in [-0.39, 0.29) is 5.82 Å². The first kappa shape index (κ1) is 11.5. The molecule has 0 unspecified atom stereocenters. The highest BCUT2D eigenvalue weighted by molar-refractivity contribution is 9.13. The Bertz CT molecular complexity index is 546. The Kier molecular flexibility index (Phi) is 3.14. The minimum Gasteiger partial charge on any atom is -0.255 e. The van der Waals surface area contributed by atoms with Gasteiger partial charge >= 0.3 is 0 Å². The van der Waals surface area contributed by atoms with Crippen LogP contribution < -0.4 is 0 Å². The first-order valence-corrected chi connectivity index (χ1v) is 6.48. The van der Waals surface area contributed by atoms with Crippen molar-refractivity contribution >= 4 is 58.7 Å². The van der Waals surface area contributed by atoms with E-state index in [2.05, 4.69) is 52.8 Å². The molecule has 78 valence electrons. The Labute approximate surface area is 111 Å². The maximum atomic E-state index is 13.9. The topological polar surface area (TPSA) is 12.9 Å². The number of nitrogens with zero attached hydrogens (tertiary/aromatic N) is 1. The van der Waals surface area contributed by atoms with Gasteiger partial charge in [-0.15, -0.1) is 0 Å². The van der Waals surface area contributed by atoms with Crippen LogP contribution in [0.3, 0.4) is 0 Å². The fraction of sp³-hybridized carbons (Fsp3) is 0.100. The van der Waals surface area contributed by atoms with Gasteiger partial charge in [-0.25, -0.2) is 4.39 Å². The molecule has 0 N–H and O–H groups in total. The minimum atomic E-state index is -0.295. The van der Waals surface area contributed by atoms with E-state index < -0.39 is 0 Å². The maximum Gasteiger partial charge on any atom is 0.147 e. The van der Waals surface area contributed by atoms with Gasteiger partial charge in [-0.05, 0) is 66.3 Å². The van der Waals surface area contributed by atoms with Gasteiger partial charge in [-0.1, -0.05) is 0 Å². The molecule has 0 fully saturated rings. The van der Waals surface area contributed by atoms with Crippen molar-refractivity contribution in [1.29, 1.82) is 0 Å². The Morgan fingerprint density at radius 3 is 2.53 bits per heavy atom. The van der Waals surface area contributed by atoms with E-state index in [1.165, 1.54) is 0 Å². The molecule has 0 aliphatic rings. The van der Waals surface area contributed by atoms with Crippen LogP contribution in [0.4, 0.5) is 4.39 Å². The summed E-state index contributed by atoms with van der Waals surface area (Å²) in [5, 5.41) is 0.497. The van der Waals surface area contributed by atoms with Crippen LogP contribution in [0.5, 0.6) is 0 Å². The molecule has 1 nitrogen and oxygen atoms in total. The summed E-state index contributed by atoms with van der Waals surface area (Å²) in [5.41, 5.74) is 1.61. The molecule has 1 heterocycles. The number of halogens is 4. The van der Waals surface area contributed by atoms with Crippen LogP contribution in [0.25, 0.3) is 10.9 Å². The Hall–Kier alpha value is -0.000000000000000111. The largest absolute Gasteiger partial charge is 0.255 e. The lowest BCUT2D eigenvalue weighted by Crippen LogP contribution is -1.91. The third kappa shape index (κ3) is 1.85. The number of pyridine rings is 1. The zero-order valence-electron chi connectivity index (χ0n) is 7.61. The first-order chi connectivity index (χ1) is 7.02. The Morgan fingerprint density at radius 2 is 1.87 bits per heavy atom. The average Bonchev–Trinajstić information content (AvgIpc) is 2.19. The van der Waals surface area contributed by atoms with Crippen molar-refractivity contribution in [3.05, 3.63) is 37.1 Å². The molecule has 0 radical (unpaired) electrons. The van der Waals surface area contributed by atoms with Gasteiger partial charge in [-0.3, -0.25) is 4.98 Å². The van der Waals surface area contributed by atoms with Crippen molar-refractivity contribution in [2.75, 3.05) is 0 Å². The lowest BCUT2D eigenvalue weighted by Gasteiger charge is -2.07. The van der Waals surface area contributed by atoms with Crippen molar-refractivity contribution < 1.29 is 4.39 Å². The number of aromatic nitrogens is 1. The number of hydrogen-bond donors (Lipinski definition) is 0. The van der Waals surface area contributed by atoms with Crippen LogP contribution in [0.1, 0.15) is 5.56 Å². The predicted octanol–water partition coefficient (Wildman–Crippen LogP) is 4.97. The predicted molar refractivity (Wildman–Crippen MR) is 69.5 cm³/mol. The van der Waals surface area contributed by atoms with Crippen molar-refractivity contribution in [2.24, 2.45) is 0 Å². The quantitative estimate of drug-likeness (QED) is 0.611. The molecule has 0 bridgehead atoms. The summed E-state index contributed by atoms with van der Waals surface area (Å²) in [6, 6.07) is 1.73. The van der Waals surface area contributed by atoms with Crippen LogP contribution in [0, 0.1) is 12.7 Å². The smallest absolute Gasteiger partial charge is 0.147 e. The van der Waals surface area contributed by atoms with Crippen molar-refractivity contribution in [1.82, 2.24) is 4.98 Å². The van der Waals surface area contributed by atoms with E-state index >= 15 is 0 Å². The Balaban J connectivity index is 3.04. The lowest BCUT2D eigenvalue weighted by molar-refractivity contribution is 0.632. The van der Waals surface area contributed by atoms with E-state index in [9.17, 15) is 4.39 Å². The van der Waals surface area contributed by atoms with Crippen molar-refractivity contribution in [2.45, 2.75) is 6.92 Å². The number of benzene rings is 1. The number of fused-ring (bicyclic) bond motifs is 1. The molecule has 1 aromatic carbocycles. The SMILES string of the molecule is Cc1cc(Br)c(F)c2c(Br)c(Br)cnc12. The van der Waals surface area contributed by atoms with E-state index in [0.29, 0.717) is 19.8 Å². The summed E-state index contributed by atoms with van der Waals surface area (Å²) in [7, 11) is 0. The van der Waals surface area contributed by atoms with Crippen LogP contribution in [-0.4, -0.2) is 4.98 Å². The summed E-state index contributed by atoms with van der Waals surface area (Å²) < 4.78 is 15.8. The highest BCUT2D eigenvalue weighted by Crippen LogP contribution is 2.35. The summed E-state index contributed by atoms with van der Waals surface area (Å²) in [5.74, 6) is -0.295. The molecular weight excluding hydrogens is 393 g/mol. The van der Waals surface area contributed by atoms with Crippen molar-refractivity contribution in [3.8, 4) is 0 Å². The molecule has 0 aliphatic carbocycles. The molecular formula is C10H5Br3FN. The molecule has 0 amide bonds. The molecule has 0 saturated carbocycles. The van der Waals surface area contributed by atoms with Crippen LogP contribution in [0.15, 0.2) is 25.7 Å². The molecule has 0 saturated heterocycles. The van der Waals surface area contributed by atoms with Gasteiger partial charge in [0.25, 0.3) is 0 Å². The normalized spacial score (nSPS) is 11.0. The van der Waals surface area contributed by atoms with Gasteiger partial charge < -0.3 is 0 Å². The third-order valence-electron chi connectivity index (χ3n) is 2.12. The molecule has 1 aromatic heterocycles. The molecule has 0 spiro atoms. The zero-order chi connectivity index (χ0) is 11.2. The van der Waals surface area contributed by atoms with E-state index in [4.69, 9.17) is 0 Å². The van der Waals surface area contributed by atoms with Gasteiger partial charge in [-0.2, -0.15) is 0 Å². The summed E-state index contributed by atoms with van der Waals surface area (Å²) in [6.45, 7) is 1.90. The number of aryl methyl sites for hydroxylation is 1. The van der Waals surface area contributed by atoms with Crippen LogP contribution in [-0.2, 0) is 0 Å². The molecule has 2 aromatic rings. The highest BCUT2D eigenvalue weighted by Gasteiger charge is 2.14. The second-order valence-corrected chi connectivity index (χ2v) is 5.63. The third-order valence-corrected chi connectivity index (χ3v) is 4.65. The molecule has 5 heteroatoms. The fourth-order valence-electron chi connectivity index (χ4n) is 1.41. The van der Waals surface area contributed by atoms with Gasteiger partial charge in [0, 0.05) is 10.7 Å². The summed E-state index contributed by atoms with van der Waals surface area (Å²) in [4.78, 5) is 4.21. The highest BCUT2D eigenvalue weighted by atomic mass is 79.9. The second kappa shape index (κ2) is 4.11. The second-order valence-electron chi connectivity index (χ2n) is 3.13. The number of rotatable bonds is 0. The molecule has 0 aliphatic heterocycles. The minimum absolute atomic E-state index is 0.295. The monoisotopic (exact) mass is 395 g/mol. The average molecular weight is 398 g/mol. The lowest BCUT2D eigenvalue weighted by atomic mass is 10.1. The van der Waals surface area contributed by atoms with Crippen LogP contribution >= 0.6 is 47.8 Å². The fourth-order valence-corrected chi connectivity index (χ4v) is 2.71. The van der Waals surface area contributed by atoms with Crippen molar-refractivity contribution in [3.63, 3.8) is 0 Å². The summed E-state index contributed by atoms with van der Waals surface area (Å²) in [6.07, 6.45) is 1.66. The van der Waals surface area contributed by atoms with Gasteiger partial charge in [0.1, 0.15) is 5.82 Å². The molecule has 15 heavy (non-hydrogen) atoms. The standard InChI is InChI=1S/C10H5Br3FN/c1-4-2-5(11)9(14)7-8(13)6(12)3-15-10(4)7/h2-3H,1H3. The molecule has 0 atom stereocenters. The maximum absolute atomic E-state index is 13.9. The van der Waals surface area contributed by atoms with Gasteiger partial charge in [0.05, 0.1) is 19.8 Å². The number of hydrogen-bond acceptors (Lipinski definition) is 1. The first-order valence-electron chi connectivity index (χ1n) is 4.10.